The number of benzene rings is 1. The molecule has 7 heteroatoms. The summed E-state index contributed by atoms with van der Waals surface area (Å²) in [6.07, 6.45) is 3.92. The third-order valence-corrected chi connectivity index (χ3v) is 2.82. The molecule has 2 aromatic rings. The highest BCUT2D eigenvalue weighted by Crippen LogP contribution is 2.21. The van der Waals surface area contributed by atoms with Crippen LogP contribution in [0.3, 0.4) is 0 Å². The zero-order chi connectivity index (χ0) is 15.9. The average Bonchev–Trinajstić information content (AvgIpc) is 2.54. The number of ether oxygens (including phenoxy) is 1. The van der Waals surface area contributed by atoms with Crippen LogP contribution in [0, 0.1) is 0 Å². The summed E-state index contributed by atoms with van der Waals surface area (Å²) in [6.45, 7) is 0. The molecule has 4 nitrogen and oxygen atoms in total. The second-order valence-corrected chi connectivity index (χ2v) is 4.22. The third-order valence-electron chi connectivity index (χ3n) is 2.82. The van der Waals surface area contributed by atoms with E-state index >= 15 is 0 Å². The molecule has 112 valence electrons. The lowest BCUT2D eigenvalue weighted by atomic mass is 10.1. The number of nitrogens with zero attached hydrogens (tertiary/aromatic N) is 1. The third kappa shape index (κ3) is 4.15. The van der Waals surface area contributed by atoms with Gasteiger partial charge in [0, 0.05) is 29.6 Å². The minimum absolute atomic E-state index is 0.209. The van der Waals surface area contributed by atoms with Crippen molar-refractivity contribution >= 4 is 19.0 Å². The zero-order valence-electron chi connectivity index (χ0n) is 11.7. The van der Waals surface area contributed by atoms with Crippen molar-refractivity contribution < 1.29 is 22.8 Å². The van der Waals surface area contributed by atoms with Crippen LogP contribution >= 0.6 is 0 Å². The number of pyridine rings is 1. The van der Waals surface area contributed by atoms with Gasteiger partial charge in [-0.2, -0.15) is 0 Å². The molecule has 0 fully saturated rings. The number of hydrogen-bond acceptors (Lipinski definition) is 4. The quantitative estimate of drug-likeness (QED) is 0.356. The summed E-state index contributed by atoms with van der Waals surface area (Å²) in [5, 5.41) is 0. The maximum atomic E-state index is 12.6. The largest absolute Gasteiger partial charge is 0.796 e. The fourth-order valence-corrected chi connectivity index (χ4v) is 1.76. The first-order valence-corrected chi connectivity index (χ1v) is 6.35. The Morgan fingerprint density at radius 2 is 1.73 bits per heavy atom. The van der Waals surface area contributed by atoms with Crippen LogP contribution in [0.5, 0.6) is 5.75 Å². The molecule has 0 unspecified atom stereocenters. The van der Waals surface area contributed by atoms with Crippen LogP contribution in [0.2, 0.25) is 0 Å². The Morgan fingerprint density at radius 1 is 1.09 bits per heavy atom. The number of methoxy groups -OCH3 is 1. The number of hydrogen-bond donors (Lipinski definition) is 0. The van der Waals surface area contributed by atoms with Crippen molar-refractivity contribution in [2.75, 3.05) is 7.11 Å². The van der Waals surface area contributed by atoms with E-state index in [-0.39, 0.29) is 5.76 Å². The summed E-state index contributed by atoms with van der Waals surface area (Å²) >= 11 is 0. The molecule has 1 aromatic carbocycles. The molecule has 0 saturated heterocycles. The fourth-order valence-electron chi connectivity index (χ4n) is 1.76. The van der Waals surface area contributed by atoms with Gasteiger partial charge in [0.15, 0.2) is 5.78 Å². The lowest BCUT2D eigenvalue weighted by Gasteiger charge is -2.09. The molecule has 0 bridgehead atoms. The number of carbonyl (C=O) groups is 1. The molecular weight excluding hydrogens is 291 g/mol. The van der Waals surface area contributed by atoms with Crippen LogP contribution < -0.4 is 4.74 Å². The van der Waals surface area contributed by atoms with Crippen LogP contribution in [0.15, 0.2) is 54.9 Å². The van der Waals surface area contributed by atoms with E-state index in [4.69, 9.17) is 4.74 Å². The number of carbonyl (C=O) groups excluding carboxylic acids is 1. The van der Waals surface area contributed by atoms with Crippen LogP contribution in [-0.2, 0) is 4.65 Å². The van der Waals surface area contributed by atoms with Gasteiger partial charge in [0.1, 0.15) is 11.5 Å². The van der Waals surface area contributed by atoms with E-state index < -0.39 is 13.3 Å². The highest BCUT2D eigenvalue weighted by Gasteiger charge is 2.21. The predicted molar refractivity (Wildman–Crippen MR) is 78.6 cm³/mol. The van der Waals surface area contributed by atoms with Gasteiger partial charge in [-0.25, -0.2) is 8.63 Å². The minimum atomic E-state index is -3.03. The van der Waals surface area contributed by atoms with Gasteiger partial charge in [0.2, 0.25) is 0 Å². The highest BCUT2D eigenvalue weighted by atomic mass is 19.2. The standard InChI is InChI=1S/C15H12BF2NO3/c1-21-13-4-2-12(3-5-13)15(22-16(17)18)10-14(20)11-6-8-19-9-7-11/h2-10H,1H3/b15-10-. The second-order valence-electron chi connectivity index (χ2n) is 4.22. The van der Waals surface area contributed by atoms with Gasteiger partial charge in [-0.15, -0.1) is 0 Å². The molecule has 0 spiro atoms. The number of rotatable bonds is 6. The molecule has 0 aliphatic carbocycles. The number of allylic oxidation sites excluding steroid dienone is 1. The molecule has 0 saturated carbocycles. The Morgan fingerprint density at radius 3 is 2.27 bits per heavy atom. The Labute approximate surface area is 126 Å². The van der Waals surface area contributed by atoms with Gasteiger partial charge in [0.25, 0.3) is 0 Å². The smallest absolute Gasteiger partial charge is 0.505 e. The van der Waals surface area contributed by atoms with Gasteiger partial charge in [-0.05, 0) is 36.4 Å². The summed E-state index contributed by atoms with van der Waals surface area (Å²) in [5.74, 6) is -0.0889. The summed E-state index contributed by atoms with van der Waals surface area (Å²) in [5.41, 5.74) is 0.683. The fraction of sp³-hybridized carbons (Fsp3) is 0.0667. The topological polar surface area (TPSA) is 48.4 Å². The van der Waals surface area contributed by atoms with Gasteiger partial charge in [-0.1, -0.05) is 0 Å². The Balaban J connectivity index is 2.32. The van der Waals surface area contributed by atoms with Crippen LogP contribution in [-0.4, -0.2) is 25.3 Å². The summed E-state index contributed by atoms with van der Waals surface area (Å²) in [6, 6.07) is 9.24. The number of aromatic nitrogens is 1. The first kappa shape index (κ1) is 15.7. The molecule has 0 aliphatic heterocycles. The van der Waals surface area contributed by atoms with Gasteiger partial charge >= 0.3 is 7.47 Å². The Hall–Kier alpha value is -2.70. The molecule has 0 atom stereocenters. The van der Waals surface area contributed by atoms with E-state index in [1.165, 1.54) is 43.8 Å². The van der Waals surface area contributed by atoms with Gasteiger partial charge < -0.3 is 9.39 Å². The van der Waals surface area contributed by atoms with Crippen molar-refractivity contribution in [2.45, 2.75) is 0 Å². The molecule has 0 radical (unpaired) electrons. The molecule has 0 amide bonds. The molecule has 2 rings (SSSR count). The predicted octanol–water partition coefficient (Wildman–Crippen LogP) is 3.25. The van der Waals surface area contributed by atoms with Crippen molar-refractivity contribution in [2.24, 2.45) is 0 Å². The first-order chi connectivity index (χ1) is 10.6. The molecule has 22 heavy (non-hydrogen) atoms. The maximum Gasteiger partial charge on any atom is 0.796 e. The van der Waals surface area contributed by atoms with Crippen LogP contribution in [0.4, 0.5) is 8.63 Å². The lowest BCUT2D eigenvalue weighted by molar-refractivity contribution is 0.104. The van der Waals surface area contributed by atoms with E-state index in [2.05, 4.69) is 9.64 Å². The van der Waals surface area contributed by atoms with Crippen molar-refractivity contribution in [3.05, 3.63) is 66.0 Å². The summed E-state index contributed by atoms with van der Waals surface area (Å²) in [4.78, 5) is 15.9. The molecule has 1 aromatic heterocycles. The summed E-state index contributed by atoms with van der Waals surface area (Å²) in [7, 11) is -1.53. The van der Waals surface area contributed by atoms with E-state index in [9.17, 15) is 13.4 Å². The maximum absolute atomic E-state index is 12.6. The van der Waals surface area contributed by atoms with Gasteiger partial charge in [-0.3, -0.25) is 9.78 Å². The van der Waals surface area contributed by atoms with Crippen molar-refractivity contribution in [1.82, 2.24) is 4.98 Å². The average molecular weight is 303 g/mol. The highest BCUT2D eigenvalue weighted by molar-refractivity contribution is 6.36. The van der Waals surface area contributed by atoms with E-state index in [1.807, 2.05) is 0 Å². The van der Waals surface area contributed by atoms with Crippen LogP contribution in [0.25, 0.3) is 5.76 Å². The summed E-state index contributed by atoms with van der Waals surface area (Å²) < 4.78 is 34.6. The monoisotopic (exact) mass is 303 g/mol. The van der Waals surface area contributed by atoms with E-state index in [0.29, 0.717) is 16.9 Å². The number of halogens is 2. The SMILES string of the molecule is COc1ccc(/C(=C/C(=O)c2ccncc2)OB(F)F)cc1. The van der Waals surface area contributed by atoms with Crippen molar-refractivity contribution in [3.8, 4) is 5.75 Å². The van der Waals surface area contributed by atoms with E-state index in [0.717, 1.165) is 6.08 Å². The second kappa shape index (κ2) is 7.35. The molecule has 1 heterocycles. The Kier molecular flexibility index (Phi) is 5.24. The van der Waals surface area contributed by atoms with E-state index in [1.54, 1.807) is 12.1 Å². The van der Waals surface area contributed by atoms with Crippen molar-refractivity contribution in [1.29, 1.82) is 0 Å². The molecule has 0 N–H and O–H groups in total. The first-order valence-electron chi connectivity index (χ1n) is 6.35. The van der Waals surface area contributed by atoms with Gasteiger partial charge in [0.05, 0.1) is 7.11 Å². The molecular formula is C15H12BF2NO3. The lowest BCUT2D eigenvalue weighted by Crippen LogP contribution is -2.06. The van der Waals surface area contributed by atoms with Crippen LogP contribution in [0.1, 0.15) is 15.9 Å². The molecule has 0 aliphatic rings. The number of ketones is 1. The van der Waals surface area contributed by atoms with Crippen molar-refractivity contribution in [3.63, 3.8) is 0 Å². The normalized spacial score (nSPS) is 11.0. The Bertz CT molecular complexity index is 660. The zero-order valence-corrected chi connectivity index (χ0v) is 11.7. The minimum Gasteiger partial charge on any atom is -0.505 e.